The molecule has 0 saturated carbocycles. The van der Waals surface area contributed by atoms with E-state index >= 15 is 0 Å². The zero-order valence-corrected chi connectivity index (χ0v) is 15.1. The van der Waals surface area contributed by atoms with Crippen LogP contribution in [-0.4, -0.2) is 43.5 Å². The van der Waals surface area contributed by atoms with Crippen LogP contribution in [-0.2, 0) is 6.42 Å². The van der Waals surface area contributed by atoms with Crippen molar-refractivity contribution < 1.29 is 4.79 Å². The van der Waals surface area contributed by atoms with Gasteiger partial charge in [0.1, 0.15) is 11.5 Å². The standard InChI is InChI=1S/C18H21N5OS/c1-2-6-16-19-14(12-25-16)18(24)22-9-5-7-13(11-22)17-21-20-15-8-3-4-10-23(15)17/h3-4,8,10,12-13H,2,5-7,9,11H2,1H3. The Morgan fingerprint density at radius 3 is 3.16 bits per heavy atom. The number of aryl methyl sites for hydroxylation is 1. The molecule has 0 aromatic carbocycles. The Morgan fingerprint density at radius 1 is 1.36 bits per heavy atom. The summed E-state index contributed by atoms with van der Waals surface area (Å²) >= 11 is 1.58. The smallest absolute Gasteiger partial charge is 0.273 e. The molecule has 0 radical (unpaired) electrons. The van der Waals surface area contributed by atoms with Gasteiger partial charge in [0.15, 0.2) is 5.65 Å². The minimum atomic E-state index is 0.0390. The third-order valence-corrected chi connectivity index (χ3v) is 5.56. The van der Waals surface area contributed by atoms with Gasteiger partial charge < -0.3 is 4.90 Å². The van der Waals surface area contributed by atoms with E-state index in [9.17, 15) is 4.79 Å². The van der Waals surface area contributed by atoms with Gasteiger partial charge in [-0.3, -0.25) is 9.20 Å². The fraction of sp³-hybridized carbons (Fsp3) is 0.444. The minimum Gasteiger partial charge on any atom is -0.337 e. The lowest BCUT2D eigenvalue weighted by atomic mass is 9.97. The SMILES string of the molecule is CCCc1nc(C(=O)N2CCCC(c3nnc4ccccn34)C2)cs1. The van der Waals surface area contributed by atoms with Crippen molar-refractivity contribution in [3.8, 4) is 0 Å². The summed E-state index contributed by atoms with van der Waals surface area (Å²) in [5, 5.41) is 11.6. The van der Waals surface area contributed by atoms with E-state index in [0.29, 0.717) is 12.2 Å². The Bertz CT molecular complexity index is 886. The van der Waals surface area contributed by atoms with E-state index in [2.05, 4.69) is 22.1 Å². The summed E-state index contributed by atoms with van der Waals surface area (Å²) in [4.78, 5) is 19.2. The van der Waals surface area contributed by atoms with Gasteiger partial charge in [0.05, 0.1) is 5.01 Å². The second-order valence-electron chi connectivity index (χ2n) is 6.45. The van der Waals surface area contributed by atoms with E-state index in [4.69, 9.17) is 0 Å². The maximum absolute atomic E-state index is 12.8. The van der Waals surface area contributed by atoms with Gasteiger partial charge >= 0.3 is 0 Å². The first-order valence-corrected chi connectivity index (χ1v) is 9.67. The summed E-state index contributed by atoms with van der Waals surface area (Å²) in [6, 6.07) is 5.89. The Labute approximate surface area is 150 Å². The Balaban J connectivity index is 1.53. The zero-order valence-electron chi connectivity index (χ0n) is 14.3. The highest BCUT2D eigenvalue weighted by molar-refractivity contribution is 7.09. The van der Waals surface area contributed by atoms with Crippen molar-refractivity contribution in [3.63, 3.8) is 0 Å². The third kappa shape index (κ3) is 3.16. The summed E-state index contributed by atoms with van der Waals surface area (Å²) in [6.45, 7) is 3.59. The van der Waals surface area contributed by atoms with E-state index < -0.39 is 0 Å². The quantitative estimate of drug-likeness (QED) is 0.721. The first-order valence-electron chi connectivity index (χ1n) is 8.79. The first kappa shape index (κ1) is 16.2. The lowest BCUT2D eigenvalue weighted by molar-refractivity contribution is 0.0699. The summed E-state index contributed by atoms with van der Waals surface area (Å²) in [5.41, 5.74) is 1.44. The molecule has 1 amide bonds. The van der Waals surface area contributed by atoms with Crippen LogP contribution in [0, 0.1) is 0 Å². The lowest BCUT2D eigenvalue weighted by Crippen LogP contribution is -2.39. The number of fused-ring (bicyclic) bond motifs is 1. The molecule has 4 rings (SSSR count). The van der Waals surface area contributed by atoms with E-state index in [1.165, 1.54) is 0 Å². The van der Waals surface area contributed by atoms with Crippen LogP contribution in [0.15, 0.2) is 29.8 Å². The fourth-order valence-corrected chi connectivity index (χ4v) is 4.28. The monoisotopic (exact) mass is 355 g/mol. The van der Waals surface area contributed by atoms with Crippen molar-refractivity contribution in [3.05, 3.63) is 46.3 Å². The Kier molecular flexibility index (Phi) is 4.48. The van der Waals surface area contributed by atoms with Gasteiger partial charge in [-0.05, 0) is 37.8 Å². The number of rotatable bonds is 4. The van der Waals surface area contributed by atoms with E-state index in [1.807, 2.05) is 39.1 Å². The van der Waals surface area contributed by atoms with E-state index in [1.54, 1.807) is 11.3 Å². The molecule has 0 spiro atoms. The topological polar surface area (TPSA) is 63.4 Å². The highest BCUT2D eigenvalue weighted by Gasteiger charge is 2.29. The second kappa shape index (κ2) is 6.92. The molecule has 0 aliphatic carbocycles. The van der Waals surface area contributed by atoms with Crippen molar-refractivity contribution in [2.24, 2.45) is 0 Å². The van der Waals surface area contributed by atoms with Crippen LogP contribution in [0.3, 0.4) is 0 Å². The lowest BCUT2D eigenvalue weighted by Gasteiger charge is -2.31. The number of carbonyl (C=O) groups excluding carboxylic acids is 1. The predicted octanol–water partition coefficient (Wildman–Crippen LogP) is 3.16. The molecule has 1 unspecified atom stereocenters. The molecule has 3 aromatic heterocycles. The molecule has 0 N–H and O–H groups in total. The highest BCUT2D eigenvalue weighted by Crippen LogP contribution is 2.27. The largest absolute Gasteiger partial charge is 0.337 e. The normalized spacial score (nSPS) is 18.0. The number of likely N-dealkylation sites (tertiary alicyclic amines) is 1. The summed E-state index contributed by atoms with van der Waals surface area (Å²) in [6.07, 6.45) is 5.98. The molecule has 0 bridgehead atoms. The number of aromatic nitrogens is 4. The minimum absolute atomic E-state index is 0.0390. The Hall–Kier alpha value is -2.28. The highest BCUT2D eigenvalue weighted by atomic mass is 32.1. The number of hydrogen-bond donors (Lipinski definition) is 0. The fourth-order valence-electron chi connectivity index (χ4n) is 3.41. The molecule has 7 heteroatoms. The van der Waals surface area contributed by atoms with Gasteiger partial charge in [0.2, 0.25) is 0 Å². The molecule has 4 heterocycles. The van der Waals surface area contributed by atoms with Crippen LogP contribution in [0.1, 0.15) is 53.4 Å². The average molecular weight is 355 g/mol. The molecule has 130 valence electrons. The van der Waals surface area contributed by atoms with Crippen molar-refractivity contribution in [1.29, 1.82) is 0 Å². The maximum Gasteiger partial charge on any atom is 0.273 e. The summed E-state index contributed by atoms with van der Waals surface area (Å²) < 4.78 is 2.03. The molecule has 1 fully saturated rings. The zero-order chi connectivity index (χ0) is 17.2. The van der Waals surface area contributed by atoms with Crippen molar-refractivity contribution >= 4 is 22.9 Å². The predicted molar refractivity (Wildman–Crippen MR) is 97.0 cm³/mol. The number of hydrogen-bond acceptors (Lipinski definition) is 5. The van der Waals surface area contributed by atoms with Crippen LogP contribution < -0.4 is 0 Å². The van der Waals surface area contributed by atoms with Gasteiger partial charge in [-0.2, -0.15) is 0 Å². The van der Waals surface area contributed by atoms with E-state index in [-0.39, 0.29) is 11.8 Å². The molecular weight excluding hydrogens is 334 g/mol. The van der Waals surface area contributed by atoms with Gasteiger partial charge in [-0.25, -0.2) is 4.98 Å². The maximum atomic E-state index is 12.8. The van der Waals surface area contributed by atoms with Crippen LogP contribution in [0.25, 0.3) is 5.65 Å². The van der Waals surface area contributed by atoms with Crippen LogP contribution in [0.5, 0.6) is 0 Å². The summed E-state index contributed by atoms with van der Waals surface area (Å²) in [7, 11) is 0. The average Bonchev–Trinajstić information content (AvgIpc) is 3.28. The van der Waals surface area contributed by atoms with Crippen molar-refractivity contribution in [1.82, 2.24) is 24.5 Å². The summed E-state index contributed by atoms with van der Waals surface area (Å²) in [5.74, 6) is 1.19. The molecule has 1 aliphatic heterocycles. The molecule has 25 heavy (non-hydrogen) atoms. The van der Waals surface area contributed by atoms with Crippen LogP contribution in [0.4, 0.5) is 0 Å². The van der Waals surface area contributed by atoms with Gasteiger partial charge in [-0.1, -0.05) is 13.0 Å². The number of amides is 1. The number of pyridine rings is 1. The number of carbonyl (C=O) groups is 1. The van der Waals surface area contributed by atoms with Crippen LogP contribution >= 0.6 is 11.3 Å². The van der Waals surface area contributed by atoms with Gasteiger partial charge in [-0.15, -0.1) is 21.5 Å². The second-order valence-corrected chi connectivity index (χ2v) is 7.40. The Morgan fingerprint density at radius 2 is 2.28 bits per heavy atom. The molecule has 3 aromatic rings. The molecular formula is C18H21N5OS. The molecule has 6 nitrogen and oxygen atoms in total. The number of nitrogens with zero attached hydrogens (tertiary/aromatic N) is 5. The third-order valence-electron chi connectivity index (χ3n) is 4.65. The van der Waals surface area contributed by atoms with E-state index in [0.717, 1.165) is 48.7 Å². The molecule has 1 saturated heterocycles. The van der Waals surface area contributed by atoms with Gasteiger partial charge in [0, 0.05) is 30.6 Å². The van der Waals surface area contributed by atoms with Crippen molar-refractivity contribution in [2.75, 3.05) is 13.1 Å². The van der Waals surface area contributed by atoms with Gasteiger partial charge in [0.25, 0.3) is 5.91 Å². The number of thiazole rings is 1. The first-order chi connectivity index (χ1) is 12.3. The van der Waals surface area contributed by atoms with Crippen LogP contribution in [0.2, 0.25) is 0 Å². The molecule has 1 atom stereocenters. The van der Waals surface area contributed by atoms with Crippen molar-refractivity contribution in [2.45, 2.75) is 38.5 Å². The molecule has 1 aliphatic rings. The number of piperidine rings is 1.